The molecule has 118 valence electrons. The van der Waals surface area contributed by atoms with E-state index in [0.29, 0.717) is 24.3 Å². The first-order valence-corrected chi connectivity index (χ1v) is 7.88. The molecule has 2 heterocycles. The van der Waals surface area contributed by atoms with Gasteiger partial charge >= 0.3 is 6.03 Å². The van der Waals surface area contributed by atoms with Crippen molar-refractivity contribution >= 4 is 6.03 Å². The zero-order valence-corrected chi connectivity index (χ0v) is 13.5. The lowest BCUT2D eigenvalue weighted by atomic mass is 9.85. The predicted molar refractivity (Wildman–Crippen MR) is 81.8 cm³/mol. The second-order valence-electron chi connectivity index (χ2n) is 6.60. The van der Waals surface area contributed by atoms with Crippen molar-refractivity contribution in [1.29, 1.82) is 0 Å². The fraction of sp³-hybridized carbons (Fsp3) is 0.800. The lowest BCUT2D eigenvalue weighted by Crippen LogP contribution is -2.47. The number of hydrogen-bond acceptors (Lipinski definition) is 3. The smallest absolute Gasteiger partial charge is 0.315 e. The summed E-state index contributed by atoms with van der Waals surface area (Å²) in [4.78, 5) is 16.2. The van der Waals surface area contributed by atoms with E-state index < -0.39 is 0 Å². The highest BCUT2D eigenvalue weighted by Gasteiger charge is 2.22. The van der Waals surface area contributed by atoms with Crippen LogP contribution in [0, 0.1) is 17.8 Å². The molecular formula is C15H27N5O. The van der Waals surface area contributed by atoms with Gasteiger partial charge in [0.25, 0.3) is 0 Å². The van der Waals surface area contributed by atoms with Crippen LogP contribution in [0.25, 0.3) is 0 Å². The third-order valence-corrected chi connectivity index (χ3v) is 4.35. The van der Waals surface area contributed by atoms with Gasteiger partial charge in [-0.1, -0.05) is 27.7 Å². The molecule has 21 heavy (non-hydrogen) atoms. The summed E-state index contributed by atoms with van der Waals surface area (Å²) in [6.45, 7) is 10.3. The Kier molecular flexibility index (Phi) is 5.20. The summed E-state index contributed by atoms with van der Waals surface area (Å²) < 4.78 is 1.87. The number of carbonyl (C=O) groups is 1. The maximum atomic E-state index is 12.0. The molecule has 0 aromatic carbocycles. The lowest BCUT2D eigenvalue weighted by Gasteiger charge is -2.27. The molecule has 2 rings (SSSR count). The van der Waals surface area contributed by atoms with Crippen LogP contribution in [0.5, 0.6) is 0 Å². The summed E-state index contributed by atoms with van der Waals surface area (Å²) in [6, 6.07) is 0.0608. The number of nitrogens with one attached hydrogen (secondary N) is 2. The van der Waals surface area contributed by atoms with Gasteiger partial charge in [-0.2, -0.15) is 5.10 Å². The first-order valence-electron chi connectivity index (χ1n) is 7.88. The summed E-state index contributed by atoms with van der Waals surface area (Å²) in [5.41, 5.74) is 0. The molecule has 2 N–H and O–H groups in total. The Morgan fingerprint density at radius 3 is 2.76 bits per heavy atom. The van der Waals surface area contributed by atoms with Crippen LogP contribution >= 0.6 is 0 Å². The number of aromatic nitrogens is 3. The molecule has 6 nitrogen and oxygen atoms in total. The van der Waals surface area contributed by atoms with Crippen molar-refractivity contribution in [3.8, 4) is 0 Å². The molecule has 0 fully saturated rings. The van der Waals surface area contributed by atoms with E-state index in [9.17, 15) is 4.79 Å². The van der Waals surface area contributed by atoms with Gasteiger partial charge < -0.3 is 10.6 Å². The second kappa shape index (κ2) is 6.91. The molecule has 1 aromatic rings. The highest BCUT2D eigenvalue weighted by Crippen LogP contribution is 2.19. The Balaban J connectivity index is 1.78. The molecule has 1 atom stereocenters. The summed E-state index contributed by atoms with van der Waals surface area (Å²) in [7, 11) is 0. The van der Waals surface area contributed by atoms with Crippen molar-refractivity contribution < 1.29 is 4.79 Å². The molecule has 1 aliphatic heterocycles. The number of nitrogens with zero attached hydrogens (tertiary/aromatic N) is 3. The van der Waals surface area contributed by atoms with Crippen LogP contribution in [0.1, 0.15) is 39.9 Å². The average molecular weight is 293 g/mol. The average Bonchev–Trinajstić information content (AvgIpc) is 2.85. The zero-order valence-electron chi connectivity index (χ0n) is 13.5. The molecule has 2 amide bonds. The van der Waals surface area contributed by atoms with Crippen molar-refractivity contribution in [2.75, 3.05) is 6.54 Å². The van der Waals surface area contributed by atoms with E-state index in [1.165, 1.54) is 0 Å². The van der Waals surface area contributed by atoms with Crippen LogP contribution in [0.2, 0.25) is 0 Å². The first-order chi connectivity index (χ1) is 9.97. The summed E-state index contributed by atoms with van der Waals surface area (Å²) in [5.74, 6) is 2.65. The maximum absolute atomic E-state index is 12.0. The maximum Gasteiger partial charge on any atom is 0.315 e. The Morgan fingerprint density at radius 2 is 2.10 bits per heavy atom. The standard InChI is InChI=1S/C15H27N5O/c1-10(2)13(11(3)4)7-16-15(21)19-12-5-6-14-17-9-18-20(14)8-12/h9-13H,5-8H2,1-4H3,(H2,16,19,21). The van der Waals surface area contributed by atoms with Crippen LogP contribution < -0.4 is 10.6 Å². The van der Waals surface area contributed by atoms with Gasteiger partial charge in [0, 0.05) is 13.0 Å². The SMILES string of the molecule is CC(C)C(CNC(=O)NC1CCc2ncnn2C1)C(C)C. The number of fused-ring (bicyclic) bond motifs is 1. The van der Waals surface area contributed by atoms with Gasteiger partial charge in [0.1, 0.15) is 12.2 Å². The van der Waals surface area contributed by atoms with Gasteiger partial charge in [-0.3, -0.25) is 0 Å². The Labute approximate surface area is 126 Å². The fourth-order valence-corrected chi connectivity index (χ4v) is 3.04. The van der Waals surface area contributed by atoms with Crippen LogP contribution in [0.15, 0.2) is 6.33 Å². The minimum absolute atomic E-state index is 0.0742. The second-order valence-corrected chi connectivity index (χ2v) is 6.60. The minimum Gasteiger partial charge on any atom is -0.338 e. The van der Waals surface area contributed by atoms with Crippen molar-refractivity contribution in [2.45, 2.75) is 53.1 Å². The molecule has 1 aliphatic rings. The van der Waals surface area contributed by atoms with Gasteiger partial charge in [0.15, 0.2) is 0 Å². The van der Waals surface area contributed by atoms with Gasteiger partial charge in [0.2, 0.25) is 0 Å². The highest BCUT2D eigenvalue weighted by atomic mass is 16.2. The van der Waals surface area contributed by atoms with Crippen molar-refractivity contribution in [2.24, 2.45) is 17.8 Å². The Morgan fingerprint density at radius 1 is 1.38 bits per heavy atom. The highest BCUT2D eigenvalue weighted by molar-refractivity contribution is 5.74. The molecular weight excluding hydrogens is 266 g/mol. The molecule has 1 aromatic heterocycles. The van der Waals surface area contributed by atoms with Crippen LogP contribution in [0.3, 0.4) is 0 Å². The predicted octanol–water partition coefficient (Wildman–Crippen LogP) is 1.82. The summed E-state index contributed by atoms with van der Waals surface area (Å²) in [5, 5.41) is 10.2. The van der Waals surface area contributed by atoms with E-state index in [0.717, 1.165) is 25.2 Å². The molecule has 0 spiro atoms. The fourth-order valence-electron chi connectivity index (χ4n) is 3.04. The molecule has 0 saturated carbocycles. The molecule has 1 unspecified atom stereocenters. The zero-order chi connectivity index (χ0) is 15.4. The molecule has 0 saturated heterocycles. The molecule has 0 radical (unpaired) electrons. The molecule has 0 aliphatic carbocycles. The number of aryl methyl sites for hydroxylation is 1. The number of carbonyl (C=O) groups excluding carboxylic acids is 1. The number of hydrogen-bond donors (Lipinski definition) is 2. The molecule has 6 heteroatoms. The Hall–Kier alpha value is -1.59. The van der Waals surface area contributed by atoms with Gasteiger partial charge in [-0.15, -0.1) is 0 Å². The third-order valence-electron chi connectivity index (χ3n) is 4.35. The van der Waals surface area contributed by atoms with Crippen LogP contribution in [-0.4, -0.2) is 33.4 Å². The monoisotopic (exact) mass is 293 g/mol. The van der Waals surface area contributed by atoms with E-state index >= 15 is 0 Å². The van der Waals surface area contributed by atoms with Crippen LogP contribution in [-0.2, 0) is 13.0 Å². The van der Waals surface area contributed by atoms with Gasteiger partial charge in [0.05, 0.1) is 12.6 Å². The number of amides is 2. The normalized spacial score (nSPS) is 18.1. The largest absolute Gasteiger partial charge is 0.338 e. The molecule has 0 bridgehead atoms. The van der Waals surface area contributed by atoms with E-state index in [1.54, 1.807) is 6.33 Å². The number of rotatable bonds is 5. The van der Waals surface area contributed by atoms with E-state index in [1.807, 2.05) is 4.68 Å². The van der Waals surface area contributed by atoms with Crippen molar-refractivity contribution in [1.82, 2.24) is 25.4 Å². The minimum atomic E-state index is -0.0742. The van der Waals surface area contributed by atoms with E-state index in [2.05, 4.69) is 48.4 Å². The van der Waals surface area contributed by atoms with Gasteiger partial charge in [-0.05, 0) is 24.2 Å². The first kappa shape index (κ1) is 15.8. The van der Waals surface area contributed by atoms with E-state index in [-0.39, 0.29) is 12.1 Å². The summed E-state index contributed by atoms with van der Waals surface area (Å²) in [6.07, 6.45) is 3.36. The topological polar surface area (TPSA) is 71.8 Å². The van der Waals surface area contributed by atoms with Gasteiger partial charge in [-0.25, -0.2) is 14.5 Å². The lowest BCUT2D eigenvalue weighted by molar-refractivity contribution is 0.221. The van der Waals surface area contributed by atoms with Crippen molar-refractivity contribution in [3.05, 3.63) is 12.2 Å². The Bertz CT molecular complexity index is 460. The summed E-state index contributed by atoms with van der Waals surface area (Å²) >= 11 is 0. The van der Waals surface area contributed by atoms with Crippen molar-refractivity contribution in [3.63, 3.8) is 0 Å². The van der Waals surface area contributed by atoms with Crippen LogP contribution in [0.4, 0.5) is 4.79 Å². The van der Waals surface area contributed by atoms with E-state index in [4.69, 9.17) is 0 Å². The number of urea groups is 1. The third kappa shape index (κ3) is 4.19. The quantitative estimate of drug-likeness (QED) is 0.870.